The maximum atomic E-state index is 10.7. The molecule has 0 saturated carbocycles. The number of nitro benzene ring substituents is 2. The van der Waals surface area contributed by atoms with Gasteiger partial charge in [0, 0.05) is 24.3 Å². The van der Waals surface area contributed by atoms with E-state index in [0.717, 1.165) is 11.1 Å². The molecule has 0 fully saturated rings. The summed E-state index contributed by atoms with van der Waals surface area (Å²) < 4.78 is 3.93. The number of aromatic nitrogens is 2. The van der Waals surface area contributed by atoms with Crippen molar-refractivity contribution in [1.29, 1.82) is 0 Å². The molecule has 9 heteroatoms. The van der Waals surface area contributed by atoms with Crippen LogP contribution in [0, 0.1) is 20.2 Å². The fraction of sp³-hybridized carbons (Fsp3) is 0.118. The molecule has 0 bridgehead atoms. The van der Waals surface area contributed by atoms with Gasteiger partial charge in [-0.2, -0.15) is 0 Å². The summed E-state index contributed by atoms with van der Waals surface area (Å²) in [6.45, 7) is 1.20. The van der Waals surface area contributed by atoms with Crippen LogP contribution in [0.25, 0.3) is 0 Å². The number of hydrogen-bond acceptors (Lipinski definition) is 4. The van der Waals surface area contributed by atoms with E-state index in [1.54, 1.807) is 24.3 Å². The summed E-state index contributed by atoms with van der Waals surface area (Å²) in [6.07, 6.45) is 5.74. The fourth-order valence-corrected chi connectivity index (χ4v) is 2.49. The van der Waals surface area contributed by atoms with E-state index in [0.29, 0.717) is 13.1 Å². The Kier molecular flexibility index (Phi) is 6.03. The highest BCUT2D eigenvalue weighted by atomic mass is 35.5. The van der Waals surface area contributed by atoms with Crippen molar-refractivity contribution in [1.82, 2.24) is 4.57 Å². The average molecular weight is 375 g/mol. The third-order valence-corrected chi connectivity index (χ3v) is 3.77. The molecule has 1 aromatic heterocycles. The van der Waals surface area contributed by atoms with E-state index in [1.165, 1.54) is 24.3 Å². The van der Waals surface area contributed by atoms with Gasteiger partial charge in [-0.05, 0) is 35.4 Å². The molecule has 0 radical (unpaired) electrons. The maximum absolute atomic E-state index is 10.7. The van der Waals surface area contributed by atoms with Crippen LogP contribution in [-0.2, 0) is 13.1 Å². The average Bonchev–Trinajstić information content (AvgIpc) is 3.02. The van der Waals surface area contributed by atoms with Gasteiger partial charge in [-0.1, -0.05) is 0 Å². The highest BCUT2D eigenvalue weighted by molar-refractivity contribution is 5.33. The summed E-state index contributed by atoms with van der Waals surface area (Å²) in [5.41, 5.74) is 2.07. The van der Waals surface area contributed by atoms with E-state index in [9.17, 15) is 20.2 Å². The smallest absolute Gasteiger partial charge is 0.269 e. The zero-order chi connectivity index (χ0) is 17.8. The van der Waals surface area contributed by atoms with Crippen LogP contribution in [0.2, 0.25) is 0 Å². The summed E-state index contributed by atoms with van der Waals surface area (Å²) in [7, 11) is 0. The summed E-state index contributed by atoms with van der Waals surface area (Å²) in [5, 5.41) is 21.3. The predicted octanol–water partition coefficient (Wildman–Crippen LogP) is -0.307. The second-order valence-electron chi connectivity index (χ2n) is 5.61. The lowest BCUT2D eigenvalue weighted by Gasteiger charge is -1.99. The largest absolute Gasteiger partial charge is 1.00 e. The third kappa shape index (κ3) is 4.64. The first-order valence-electron chi connectivity index (χ1n) is 7.53. The first kappa shape index (κ1) is 19.1. The summed E-state index contributed by atoms with van der Waals surface area (Å²) in [5.74, 6) is 0. The van der Waals surface area contributed by atoms with E-state index in [-0.39, 0.29) is 23.8 Å². The van der Waals surface area contributed by atoms with Crippen molar-refractivity contribution in [2.24, 2.45) is 0 Å². The lowest BCUT2D eigenvalue weighted by atomic mass is 10.2. The zero-order valence-electron chi connectivity index (χ0n) is 13.6. The molecular weight excluding hydrogens is 360 g/mol. The van der Waals surface area contributed by atoms with Crippen LogP contribution in [0.1, 0.15) is 11.1 Å². The maximum Gasteiger partial charge on any atom is 0.269 e. The molecule has 1 heterocycles. The van der Waals surface area contributed by atoms with Crippen LogP contribution < -0.4 is 17.0 Å². The number of nitrogens with zero attached hydrogens (tertiary/aromatic N) is 4. The molecule has 3 aromatic rings. The van der Waals surface area contributed by atoms with E-state index in [4.69, 9.17) is 0 Å². The van der Waals surface area contributed by atoms with E-state index >= 15 is 0 Å². The van der Waals surface area contributed by atoms with Gasteiger partial charge in [0.2, 0.25) is 6.33 Å². The van der Waals surface area contributed by atoms with Crippen molar-refractivity contribution in [2.75, 3.05) is 0 Å². The number of nitro groups is 2. The van der Waals surface area contributed by atoms with Gasteiger partial charge in [0.15, 0.2) is 0 Å². The van der Waals surface area contributed by atoms with E-state index in [2.05, 4.69) is 0 Å². The number of benzene rings is 2. The first-order valence-corrected chi connectivity index (χ1v) is 7.53. The summed E-state index contributed by atoms with van der Waals surface area (Å²) in [6, 6.07) is 12.9. The van der Waals surface area contributed by atoms with Crippen LogP contribution in [0.4, 0.5) is 11.4 Å². The number of halogens is 1. The molecule has 0 saturated heterocycles. The first-order chi connectivity index (χ1) is 12.0. The van der Waals surface area contributed by atoms with E-state index in [1.807, 2.05) is 27.9 Å². The quantitative estimate of drug-likeness (QED) is 0.336. The Labute approximate surface area is 155 Å². The Morgan fingerprint density at radius 3 is 1.85 bits per heavy atom. The minimum atomic E-state index is -0.419. The Hall–Kier alpha value is -3.26. The van der Waals surface area contributed by atoms with Gasteiger partial charge < -0.3 is 12.4 Å². The summed E-state index contributed by atoms with van der Waals surface area (Å²) in [4.78, 5) is 20.5. The predicted molar refractivity (Wildman–Crippen MR) is 89.0 cm³/mol. The second-order valence-corrected chi connectivity index (χ2v) is 5.61. The SMILES string of the molecule is O=[N+]([O-])c1ccc(Cn2cc[n+](Cc3ccc([N+](=O)[O-])cc3)c2)cc1.[Cl-]. The Morgan fingerprint density at radius 1 is 0.846 bits per heavy atom. The fourth-order valence-electron chi connectivity index (χ4n) is 2.49. The number of imidazole rings is 1. The highest BCUT2D eigenvalue weighted by Crippen LogP contribution is 2.13. The molecule has 0 spiro atoms. The molecule has 0 aliphatic rings. The van der Waals surface area contributed by atoms with Gasteiger partial charge in [0.25, 0.3) is 11.4 Å². The molecule has 3 rings (SSSR count). The Bertz CT molecular complexity index is 833. The van der Waals surface area contributed by atoms with Crippen LogP contribution >= 0.6 is 0 Å². The van der Waals surface area contributed by atoms with Crippen LogP contribution in [0.3, 0.4) is 0 Å². The molecule has 0 amide bonds. The molecule has 0 N–H and O–H groups in total. The minimum Gasteiger partial charge on any atom is -1.00 e. The van der Waals surface area contributed by atoms with Crippen molar-refractivity contribution < 1.29 is 26.8 Å². The van der Waals surface area contributed by atoms with Crippen molar-refractivity contribution in [3.63, 3.8) is 0 Å². The monoisotopic (exact) mass is 374 g/mol. The molecular formula is C17H15ClN4O4. The second kappa shape index (κ2) is 8.21. The number of rotatable bonds is 6. The van der Waals surface area contributed by atoms with E-state index < -0.39 is 9.85 Å². The van der Waals surface area contributed by atoms with Gasteiger partial charge >= 0.3 is 0 Å². The molecule has 8 nitrogen and oxygen atoms in total. The van der Waals surface area contributed by atoms with Gasteiger partial charge in [-0.15, -0.1) is 0 Å². The van der Waals surface area contributed by atoms with Crippen LogP contribution in [0.5, 0.6) is 0 Å². The Balaban J connectivity index is 0.00000243. The number of non-ortho nitro benzene ring substituents is 2. The summed E-state index contributed by atoms with van der Waals surface area (Å²) >= 11 is 0. The van der Waals surface area contributed by atoms with Gasteiger partial charge in [-0.3, -0.25) is 20.2 Å². The normalized spacial score (nSPS) is 10.2. The molecule has 0 aliphatic heterocycles. The van der Waals surface area contributed by atoms with Gasteiger partial charge in [-0.25, -0.2) is 9.13 Å². The highest BCUT2D eigenvalue weighted by Gasteiger charge is 2.09. The minimum absolute atomic E-state index is 0. The van der Waals surface area contributed by atoms with Crippen molar-refractivity contribution in [2.45, 2.75) is 13.1 Å². The lowest BCUT2D eigenvalue weighted by molar-refractivity contribution is -0.687. The lowest BCUT2D eigenvalue weighted by Crippen LogP contribution is -3.00. The standard InChI is InChI=1S/C17H15N4O4.ClH/c22-20(23)16-5-1-14(2-6-16)11-18-9-10-19(13-18)12-15-3-7-17(8-4-15)21(24)25;/h1-10,13H,11-12H2;1H/q+1;/p-1. The number of hydrogen-bond donors (Lipinski definition) is 0. The van der Waals surface area contributed by atoms with Crippen molar-refractivity contribution in [3.05, 3.63) is 98.6 Å². The molecule has 0 atom stereocenters. The van der Waals surface area contributed by atoms with Crippen molar-refractivity contribution in [3.8, 4) is 0 Å². The van der Waals surface area contributed by atoms with Crippen molar-refractivity contribution >= 4 is 11.4 Å². The third-order valence-electron chi connectivity index (χ3n) is 3.77. The molecule has 134 valence electrons. The molecule has 0 unspecified atom stereocenters. The van der Waals surface area contributed by atoms with Crippen LogP contribution in [-0.4, -0.2) is 14.4 Å². The molecule has 2 aromatic carbocycles. The molecule has 26 heavy (non-hydrogen) atoms. The Morgan fingerprint density at radius 2 is 1.35 bits per heavy atom. The zero-order valence-corrected chi connectivity index (χ0v) is 14.3. The molecule has 0 aliphatic carbocycles. The topological polar surface area (TPSA) is 95.1 Å². The van der Waals surface area contributed by atoms with Gasteiger partial charge in [0.1, 0.15) is 25.5 Å². The van der Waals surface area contributed by atoms with Gasteiger partial charge in [0.05, 0.1) is 9.85 Å². The van der Waals surface area contributed by atoms with Crippen LogP contribution in [0.15, 0.2) is 67.3 Å².